The Bertz CT molecular complexity index is 832. The molecule has 1 heterocycles. The summed E-state index contributed by atoms with van der Waals surface area (Å²) in [6.07, 6.45) is 0. The first-order valence-corrected chi connectivity index (χ1v) is 6.90. The maximum atomic E-state index is 11.7. The molecule has 0 amide bonds. The summed E-state index contributed by atoms with van der Waals surface area (Å²) in [6, 6.07) is 15.1. The molecule has 3 aromatic rings. The van der Waals surface area contributed by atoms with Crippen molar-refractivity contribution in [1.29, 1.82) is 0 Å². The number of hydrogen-bond acceptors (Lipinski definition) is 3. The van der Waals surface area contributed by atoms with Gasteiger partial charge in [0.1, 0.15) is 11.6 Å². The zero-order valence-corrected chi connectivity index (χ0v) is 12.0. The van der Waals surface area contributed by atoms with Gasteiger partial charge in [0.15, 0.2) is 0 Å². The van der Waals surface area contributed by atoms with Gasteiger partial charge in [0.2, 0.25) is 5.88 Å². The topological polar surface area (TPSA) is 55.0 Å². The molecule has 0 unspecified atom stereocenters. The zero-order valence-electron chi connectivity index (χ0n) is 12.0. The van der Waals surface area contributed by atoms with E-state index < -0.39 is 0 Å². The molecule has 4 nitrogen and oxygen atoms in total. The minimum Gasteiger partial charge on any atom is -0.438 e. The molecular weight excluding hydrogens is 264 g/mol. The van der Waals surface area contributed by atoms with E-state index >= 15 is 0 Å². The van der Waals surface area contributed by atoms with Crippen LogP contribution < -0.4 is 10.3 Å². The van der Waals surface area contributed by atoms with E-state index in [0.717, 1.165) is 10.8 Å². The van der Waals surface area contributed by atoms with Crippen molar-refractivity contribution in [2.75, 3.05) is 0 Å². The first-order valence-electron chi connectivity index (χ1n) is 6.90. The van der Waals surface area contributed by atoms with Gasteiger partial charge >= 0.3 is 0 Å². The fraction of sp³-hybridized carbons (Fsp3) is 0.176. The molecule has 0 fully saturated rings. The van der Waals surface area contributed by atoms with Crippen molar-refractivity contribution in [1.82, 2.24) is 9.97 Å². The maximum Gasteiger partial charge on any atom is 0.254 e. The number of aromatic nitrogens is 2. The van der Waals surface area contributed by atoms with Crippen molar-refractivity contribution < 1.29 is 4.74 Å². The predicted molar refractivity (Wildman–Crippen MR) is 83.0 cm³/mol. The van der Waals surface area contributed by atoms with Crippen LogP contribution in [0.15, 0.2) is 53.3 Å². The van der Waals surface area contributed by atoms with Gasteiger partial charge in [-0.1, -0.05) is 50.2 Å². The van der Waals surface area contributed by atoms with Gasteiger partial charge in [-0.2, -0.15) is 4.98 Å². The third kappa shape index (κ3) is 2.79. The van der Waals surface area contributed by atoms with Crippen LogP contribution >= 0.6 is 0 Å². The third-order valence-corrected chi connectivity index (χ3v) is 3.25. The molecule has 0 aliphatic carbocycles. The highest BCUT2D eigenvalue weighted by atomic mass is 16.5. The van der Waals surface area contributed by atoms with Crippen LogP contribution in [0.25, 0.3) is 10.8 Å². The highest BCUT2D eigenvalue weighted by molar-refractivity contribution is 5.88. The number of nitrogens with one attached hydrogen (secondary N) is 1. The van der Waals surface area contributed by atoms with E-state index in [0.29, 0.717) is 17.5 Å². The lowest BCUT2D eigenvalue weighted by Crippen LogP contribution is -2.11. The van der Waals surface area contributed by atoms with Crippen molar-refractivity contribution in [2.45, 2.75) is 19.8 Å². The van der Waals surface area contributed by atoms with Gasteiger partial charge in [-0.05, 0) is 11.5 Å². The quantitative estimate of drug-likeness (QED) is 0.793. The average molecular weight is 280 g/mol. The smallest absolute Gasteiger partial charge is 0.254 e. The molecule has 1 N–H and O–H groups in total. The maximum absolute atomic E-state index is 11.7. The Morgan fingerprint density at radius 3 is 2.67 bits per heavy atom. The van der Waals surface area contributed by atoms with Crippen LogP contribution in [0.2, 0.25) is 0 Å². The summed E-state index contributed by atoms with van der Waals surface area (Å²) in [4.78, 5) is 18.8. The number of benzene rings is 2. The monoisotopic (exact) mass is 280 g/mol. The summed E-state index contributed by atoms with van der Waals surface area (Å²) in [7, 11) is 0. The van der Waals surface area contributed by atoms with Crippen molar-refractivity contribution in [3.8, 4) is 11.6 Å². The number of aromatic amines is 1. The lowest BCUT2D eigenvalue weighted by molar-refractivity contribution is 0.460. The Balaban J connectivity index is 2.05. The van der Waals surface area contributed by atoms with Crippen LogP contribution in [-0.4, -0.2) is 9.97 Å². The van der Waals surface area contributed by atoms with Gasteiger partial charge in [0, 0.05) is 11.3 Å². The van der Waals surface area contributed by atoms with E-state index in [1.807, 2.05) is 56.3 Å². The summed E-state index contributed by atoms with van der Waals surface area (Å²) in [5.74, 6) is 1.77. The van der Waals surface area contributed by atoms with E-state index in [2.05, 4.69) is 9.97 Å². The highest BCUT2D eigenvalue weighted by Gasteiger charge is 2.08. The van der Waals surface area contributed by atoms with Crippen LogP contribution in [0.4, 0.5) is 0 Å². The highest BCUT2D eigenvalue weighted by Crippen LogP contribution is 2.28. The summed E-state index contributed by atoms with van der Waals surface area (Å²) < 4.78 is 5.83. The summed E-state index contributed by atoms with van der Waals surface area (Å²) in [5.41, 5.74) is -0.205. The Morgan fingerprint density at radius 1 is 1.10 bits per heavy atom. The molecule has 0 aliphatic heterocycles. The lowest BCUT2D eigenvalue weighted by Gasteiger charge is -2.10. The largest absolute Gasteiger partial charge is 0.438 e. The van der Waals surface area contributed by atoms with Crippen LogP contribution in [0.1, 0.15) is 25.6 Å². The third-order valence-electron chi connectivity index (χ3n) is 3.25. The molecular formula is C17H16N2O2. The van der Waals surface area contributed by atoms with E-state index in [4.69, 9.17) is 4.74 Å². The Morgan fingerprint density at radius 2 is 1.86 bits per heavy atom. The second kappa shape index (κ2) is 5.40. The van der Waals surface area contributed by atoms with Gasteiger partial charge in [-0.15, -0.1) is 0 Å². The van der Waals surface area contributed by atoms with Gasteiger partial charge in [-0.3, -0.25) is 4.79 Å². The standard InChI is InChI=1S/C17H16N2O2/c1-11(2)17-18-15(20)10-16(19-17)21-14-9-5-7-12-6-3-4-8-13(12)14/h3-11H,1-2H3,(H,18,19,20). The molecule has 0 aliphatic rings. The molecule has 106 valence electrons. The summed E-state index contributed by atoms with van der Waals surface area (Å²) in [5, 5.41) is 2.08. The molecule has 1 aromatic heterocycles. The first-order chi connectivity index (χ1) is 10.1. The minimum atomic E-state index is -0.205. The van der Waals surface area contributed by atoms with Crippen molar-refractivity contribution >= 4 is 10.8 Å². The zero-order chi connectivity index (χ0) is 14.8. The summed E-state index contributed by atoms with van der Waals surface area (Å²) in [6.45, 7) is 3.94. The Kier molecular flexibility index (Phi) is 3.44. The number of H-pyrrole nitrogens is 1. The summed E-state index contributed by atoms with van der Waals surface area (Å²) >= 11 is 0. The lowest BCUT2D eigenvalue weighted by atomic mass is 10.1. The Hall–Kier alpha value is -2.62. The molecule has 0 saturated heterocycles. The van der Waals surface area contributed by atoms with Gasteiger partial charge < -0.3 is 9.72 Å². The molecule has 4 heteroatoms. The Labute approximate surface area is 122 Å². The number of nitrogens with zero attached hydrogens (tertiary/aromatic N) is 1. The number of fused-ring (bicyclic) bond motifs is 1. The van der Waals surface area contributed by atoms with Crippen molar-refractivity contribution in [2.24, 2.45) is 0 Å². The number of ether oxygens (including phenoxy) is 1. The molecule has 0 spiro atoms. The van der Waals surface area contributed by atoms with Gasteiger partial charge in [0.25, 0.3) is 5.56 Å². The minimum absolute atomic E-state index is 0.133. The average Bonchev–Trinajstić information content (AvgIpc) is 2.47. The van der Waals surface area contributed by atoms with Crippen LogP contribution in [0, 0.1) is 0 Å². The van der Waals surface area contributed by atoms with E-state index in [9.17, 15) is 4.79 Å². The molecule has 0 saturated carbocycles. The van der Waals surface area contributed by atoms with Crippen molar-refractivity contribution in [3.63, 3.8) is 0 Å². The second-order valence-electron chi connectivity index (χ2n) is 5.20. The fourth-order valence-electron chi connectivity index (χ4n) is 2.18. The van der Waals surface area contributed by atoms with E-state index in [1.54, 1.807) is 0 Å². The van der Waals surface area contributed by atoms with Crippen LogP contribution in [0.3, 0.4) is 0 Å². The van der Waals surface area contributed by atoms with Crippen LogP contribution in [0.5, 0.6) is 11.6 Å². The fourth-order valence-corrected chi connectivity index (χ4v) is 2.18. The van der Waals surface area contributed by atoms with Crippen molar-refractivity contribution in [3.05, 3.63) is 64.7 Å². The number of rotatable bonds is 3. The van der Waals surface area contributed by atoms with E-state index in [-0.39, 0.29) is 11.5 Å². The van der Waals surface area contributed by atoms with Crippen LogP contribution in [-0.2, 0) is 0 Å². The first kappa shape index (κ1) is 13.4. The second-order valence-corrected chi connectivity index (χ2v) is 5.20. The predicted octanol–water partition coefficient (Wildman–Crippen LogP) is 3.84. The van der Waals surface area contributed by atoms with Gasteiger partial charge in [0.05, 0.1) is 6.07 Å². The molecule has 3 rings (SSSR count). The molecule has 0 atom stereocenters. The molecule has 0 radical (unpaired) electrons. The molecule has 21 heavy (non-hydrogen) atoms. The number of hydrogen-bond donors (Lipinski definition) is 1. The normalized spacial score (nSPS) is 11.0. The molecule has 2 aromatic carbocycles. The molecule has 0 bridgehead atoms. The SMILES string of the molecule is CC(C)c1nc(Oc2cccc3ccccc23)cc(=O)[nH]1. The van der Waals surface area contributed by atoms with Gasteiger partial charge in [-0.25, -0.2) is 0 Å². The van der Waals surface area contributed by atoms with E-state index in [1.165, 1.54) is 6.07 Å².